The van der Waals surface area contributed by atoms with Crippen molar-refractivity contribution in [1.29, 1.82) is 0 Å². The fraction of sp³-hybridized carbons (Fsp3) is 0.462. The van der Waals surface area contributed by atoms with Crippen LogP contribution in [0.3, 0.4) is 0 Å². The van der Waals surface area contributed by atoms with Crippen LogP contribution in [0.5, 0.6) is 0 Å². The molecule has 0 spiro atoms. The lowest BCUT2D eigenvalue weighted by Crippen LogP contribution is -2.21. The summed E-state index contributed by atoms with van der Waals surface area (Å²) >= 11 is 0. The first kappa shape index (κ1) is 16.3. The monoisotopic (exact) mass is 291 g/mol. The van der Waals surface area contributed by atoms with E-state index in [-0.39, 0.29) is 0 Å². The Balaban J connectivity index is 0.000000246. The molecular weight excluding hydrogens is 275 g/mol. The summed E-state index contributed by atoms with van der Waals surface area (Å²) in [6.07, 6.45) is -3.96. The van der Waals surface area contributed by atoms with Crippen LogP contribution >= 0.6 is 0 Å². The average molecular weight is 291 g/mol. The molecule has 1 aliphatic heterocycles. The first-order chi connectivity index (χ1) is 9.29. The molecule has 20 heavy (non-hydrogen) atoms. The molecule has 0 amide bonds. The first-order valence-corrected chi connectivity index (χ1v) is 6.00. The van der Waals surface area contributed by atoms with Crippen molar-refractivity contribution in [3.63, 3.8) is 0 Å². The zero-order valence-electron chi connectivity index (χ0n) is 10.9. The van der Waals surface area contributed by atoms with Crippen molar-refractivity contribution in [3.05, 3.63) is 29.8 Å². The van der Waals surface area contributed by atoms with E-state index >= 15 is 0 Å². The molecule has 0 bridgehead atoms. The summed E-state index contributed by atoms with van der Waals surface area (Å²) in [5.74, 6) is -2.76. The van der Waals surface area contributed by atoms with Crippen LogP contribution < -0.4 is 5.32 Å². The Morgan fingerprint density at radius 2 is 1.90 bits per heavy atom. The summed E-state index contributed by atoms with van der Waals surface area (Å²) in [6.45, 7) is 3.83. The molecule has 1 atom stereocenters. The number of halogens is 3. The predicted octanol–water partition coefficient (Wildman–Crippen LogP) is 2.83. The van der Waals surface area contributed by atoms with E-state index in [0.29, 0.717) is 6.04 Å². The molecular formula is C13H16F3NO3. The third-order valence-electron chi connectivity index (χ3n) is 2.59. The minimum atomic E-state index is -5.08. The van der Waals surface area contributed by atoms with Gasteiger partial charge < -0.3 is 15.2 Å². The summed E-state index contributed by atoms with van der Waals surface area (Å²) in [7, 11) is 0. The van der Waals surface area contributed by atoms with Gasteiger partial charge in [0.25, 0.3) is 0 Å². The molecule has 1 aromatic rings. The summed E-state index contributed by atoms with van der Waals surface area (Å²) in [5.41, 5.74) is 2.49. The van der Waals surface area contributed by atoms with Gasteiger partial charge in [-0.2, -0.15) is 13.2 Å². The number of hydrogen-bond acceptors (Lipinski definition) is 3. The molecule has 0 radical (unpaired) electrons. The maximum absolute atomic E-state index is 10.6. The lowest BCUT2D eigenvalue weighted by molar-refractivity contribution is -0.192. The number of hydrogen-bond donors (Lipinski definition) is 2. The highest BCUT2D eigenvalue weighted by Crippen LogP contribution is 2.14. The van der Waals surface area contributed by atoms with Crippen LogP contribution in [0.1, 0.15) is 12.0 Å². The Morgan fingerprint density at radius 3 is 2.30 bits per heavy atom. The van der Waals surface area contributed by atoms with Crippen molar-refractivity contribution >= 4 is 11.7 Å². The van der Waals surface area contributed by atoms with E-state index < -0.39 is 12.1 Å². The standard InChI is InChI=1S/C11H15NO.C2HF3O2/c1-9-2-4-10(5-3-9)12-11-6-7-13-8-11;3-2(4,5)1(6)7/h2-5,11-12H,6-8H2,1H3;(H,6,7). The number of aliphatic carboxylic acids is 1. The van der Waals surface area contributed by atoms with Crippen LogP contribution in [0.4, 0.5) is 18.9 Å². The van der Waals surface area contributed by atoms with Gasteiger partial charge in [-0.15, -0.1) is 0 Å². The van der Waals surface area contributed by atoms with Crippen LogP contribution in [-0.2, 0) is 9.53 Å². The van der Waals surface area contributed by atoms with Gasteiger partial charge in [0.2, 0.25) is 0 Å². The van der Waals surface area contributed by atoms with E-state index in [1.54, 1.807) is 0 Å². The van der Waals surface area contributed by atoms with Crippen LogP contribution in [0, 0.1) is 6.92 Å². The Bertz CT molecular complexity index is 425. The van der Waals surface area contributed by atoms with Crippen molar-refractivity contribution in [2.75, 3.05) is 18.5 Å². The Kier molecular flexibility index (Phi) is 5.82. The molecule has 1 fully saturated rings. The van der Waals surface area contributed by atoms with E-state index in [1.807, 2.05) is 0 Å². The number of alkyl halides is 3. The molecule has 0 aliphatic carbocycles. The predicted molar refractivity (Wildman–Crippen MR) is 67.7 cm³/mol. The van der Waals surface area contributed by atoms with Gasteiger partial charge in [0.15, 0.2) is 0 Å². The normalized spacial score (nSPS) is 18.1. The minimum Gasteiger partial charge on any atom is -0.475 e. The molecule has 0 aromatic heterocycles. The van der Waals surface area contributed by atoms with E-state index in [2.05, 4.69) is 36.5 Å². The Morgan fingerprint density at radius 1 is 1.35 bits per heavy atom. The number of anilines is 1. The van der Waals surface area contributed by atoms with Gasteiger partial charge in [0, 0.05) is 12.3 Å². The molecule has 112 valence electrons. The van der Waals surface area contributed by atoms with Crippen molar-refractivity contribution in [2.24, 2.45) is 0 Å². The number of carbonyl (C=O) groups is 1. The van der Waals surface area contributed by atoms with Gasteiger partial charge in [0.05, 0.1) is 12.6 Å². The summed E-state index contributed by atoms with van der Waals surface area (Å²) in [5, 5.41) is 10.6. The Labute approximate surface area is 114 Å². The summed E-state index contributed by atoms with van der Waals surface area (Å²) in [6, 6.07) is 8.99. The molecule has 7 heteroatoms. The van der Waals surface area contributed by atoms with Crippen molar-refractivity contribution in [2.45, 2.75) is 25.6 Å². The fourth-order valence-corrected chi connectivity index (χ4v) is 1.53. The highest BCUT2D eigenvalue weighted by atomic mass is 19.4. The quantitative estimate of drug-likeness (QED) is 0.879. The molecule has 1 aromatic carbocycles. The van der Waals surface area contributed by atoms with Gasteiger partial charge >= 0.3 is 12.1 Å². The molecule has 0 saturated carbocycles. The highest BCUT2D eigenvalue weighted by Gasteiger charge is 2.38. The highest BCUT2D eigenvalue weighted by molar-refractivity contribution is 5.73. The SMILES string of the molecule is Cc1ccc(NC2CCOC2)cc1.O=C(O)C(F)(F)F. The van der Waals surface area contributed by atoms with Crippen LogP contribution in [0.25, 0.3) is 0 Å². The number of benzene rings is 1. The summed E-state index contributed by atoms with van der Waals surface area (Å²) < 4.78 is 37.0. The van der Waals surface area contributed by atoms with Gasteiger partial charge in [-0.3, -0.25) is 0 Å². The van der Waals surface area contributed by atoms with Gasteiger partial charge in [-0.25, -0.2) is 4.79 Å². The number of carboxylic acids is 1. The summed E-state index contributed by atoms with van der Waals surface area (Å²) in [4.78, 5) is 8.90. The number of nitrogens with one attached hydrogen (secondary N) is 1. The number of rotatable bonds is 2. The van der Waals surface area contributed by atoms with Crippen LogP contribution in [0.15, 0.2) is 24.3 Å². The molecule has 1 unspecified atom stereocenters. The third-order valence-corrected chi connectivity index (χ3v) is 2.59. The maximum Gasteiger partial charge on any atom is 0.490 e. The van der Waals surface area contributed by atoms with Crippen molar-refractivity contribution in [3.8, 4) is 0 Å². The van der Waals surface area contributed by atoms with E-state index in [0.717, 1.165) is 19.6 Å². The lowest BCUT2D eigenvalue weighted by Gasteiger charge is -2.11. The molecule has 1 saturated heterocycles. The van der Waals surface area contributed by atoms with Gasteiger partial charge in [-0.1, -0.05) is 17.7 Å². The lowest BCUT2D eigenvalue weighted by atomic mass is 10.2. The smallest absolute Gasteiger partial charge is 0.475 e. The van der Waals surface area contributed by atoms with Crippen molar-refractivity contribution < 1.29 is 27.8 Å². The number of carboxylic acid groups (broad SMARTS) is 1. The topological polar surface area (TPSA) is 58.6 Å². The zero-order chi connectivity index (χ0) is 15.2. The molecule has 4 nitrogen and oxygen atoms in total. The van der Waals surface area contributed by atoms with E-state index in [9.17, 15) is 13.2 Å². The number of aryl methyl sites for hydroxylation is 1. The molecule has 1 aliphatic rings. The van der Waals surface area contributed by atoms with Crippen LogP contribution in [0.2, 0.25) is 0 Å². The second-order valence-corrected chi connectivity index (χ2v) is 4.37. The van der Waals surface area contributed by atoms with Crippen molar-refractivity contribution in [1.82, 2.24) is 0 Å². The zero-order valence-corrected chi connectivity index (χ0v) is 10.9. The fourth-order valence-electron chi connectivity index (χ4n) is 1.53. The van der Waals surface area contributed by atoms with E-state index in [1.165, 1.54) is 11.3 Å². The molecule has 2 N–H and O–H groups in total. The maximum atomic E-state index is 10.6. The second kappa shape index (κ2) is 7.14. The van der Waals surface area contributed by atoms with Gasteiger partial charge in [-0.05, 0) is 25.5 Å². The first-order valence-electron chi connectivity index (χ1n) is 6.00. The minimum absolute atomic E-state index is 0.503. The number of ether oxygens (including phenoxy) is 1. The third kappa shape index (κ3) is 5.92. The van der Waals surface area contributed by atoms with E-state index in [4.69, 9.17) is 14.6 Å². The second-order valence-electron chi connectivity index (χ2n) is 4.37. The van der Waals surface area contributed by atoms with Gasteiger partial charge in [0.1, 0.15) is 0 Å². The molecule has 2 rings (SSSR count). The molecule has 1 heterocycles. The average Bonchev–Trinajstić information content (AvgIpc) is 2.84. The Hall–Kier alpha value is -1.76. The van der Waals surface area contributed by atoms with Crippen LogP contribution in [-0.4, -0.2) is 36.5 Å². The largest absolute Gasteiger partial charge is 0.490 e.